The lowest BCUT2D eigenvalue weighted by Crippen LogP contribution is -2.49. The van der Waals surface area contributed by atoms with E-state index in [0.29, 0.717) is 11.3 Å². The van der Waals surface area contributed by atoms with Gasteiger partial charge in [-0.05, 0) is 55.8 Å². The number of rotatable bonds is 10. The van der Waals surface area contributed by atoms with Crippen molar-refractivity contribution in [2.75, 3.05) is 18.4 Å². The third-order valence-corrected chi connectivity index (χ3v) is 6.17. The SMILES string of the molecule is CCN(CC(=O)NCc1ccc(F)cc1)C(=O)[C@H](C)NS(=O)(=O)c1ccc(NC(C)=O)cc1. The van der Waals surface area contributed by atoms with Gasteiger partial charge in [0.15, 0.2) is 0 Å². The number of nitrogens with zero attached hydrogens (tertiary/aromatic N) is 1. The maximum Gasteiger partial charge on any atom is 0.241 e. The van der Waals surface area contributed by atoms with Crippen molar-refractivity contribution in [1.29, 1.82) is 0 Å². The van der Waals surface area contributed by atoms with Gasteiger partial charge in [0.1, 0.15) is 5.82 Å². The number of halogens is 1. The van der Waals surface area contributed by atoms with Crippen molar-refractivity contribution in [3.05, 3.63) is 59.9 Å². The van der Waals surface area contributed by atoms with E-state index in [1.165, 1.54) is 67.3 Å². The number of amides is 3. The molecule has 2 rings (SSSR count). The minimum Gasteiger partial charge on any atom is -0.350 e. The molecule has 0 radical (unpaired) electrons. The van der Waals surface area contributed by atoms with Gasteiger partial charge in [0.05, 0.1) is 17.5 Å². The van der Waals surface area contributed by atoms with E-state index in [4.69, 9.17) is 0 Å². The minimum atomic E-state index is -4.01. The molecule has 0 unspecified atom stereocenters. The molecule has 2 aromatic rings. The summed E-state index contributed by atoms with van der Waals surface area (Å²) in [6, 6.07) is 10.0. The quantitative estimate of drug-likeness (QED) is 0.479. The molecule has 2 aromatic carbocycles. The standard InChI is InChI=1S/C22H27FN4O5S/c1-4-27(14-21(29)24-13-17-5-7-18(23)8-6-17)22(30)15(2)26-33(31,32)20-11-9-19(10-12-20)25-16(3)28/h5-12,15,26H,4,13-14H2,1-3H3,(H,24,29)(H,25,28)/t15-/m0/s1. The summed E-state index contributed by atoms with van der Waals surface area (Å²) in [4.78, 5) is 37.2. The Kier molecular flexibility index (Phi) is 9.06. The van der Waals surface area contributed by atoms with Gasteiger partial charge in [-0.25, -0.2) is 12.8 Å². The summed E-state index contributed by atoms with van der Waals surface area (Å²) in [6.07, 6.45) is 0. The van der Waals surface area contributed by atoms with E-state index < -0.39 is 27.9 Å². The van der Waals surface area contributed by atoms with Crippen LogP contribution in [-0.2, 0) is 31.0 Å². The average Bonchev–Trinajstić information content (AvgIpc) is 2.76. The Morgan fingerprint density at radius 1 is 1.03 bits per heavy atom. The number of nitrogens with one attached hydrogen (secondary N) is 3. The van der Waals surface area contributed by atoms with Crippen molar-refractivity contribution in [3.63, 3.8) is 0 Å². The number of sulfonamides is 1. The fraction of sp³-hybridized carbons (Fsp3) is 0.318. The van der Waals surface area contributed by atoms with Gasteiger partial charge in [-0.1, -0.05) is 12.1 Å². The van der Waals surface area contributed by atoms with Crippen molar-refractivity contribution >= 4 is 33.4 Å². The molecule has 0 fully saturated rings. The predicted octanol–water partition coefficient (Wildman–Crippen LogP) is 1.62. The van der Waals surface area contributed by atoms with Crippen LogP contribution in [-0.4, -0.2) is 50.2 Å². The lowest BCUT2D eigenvalue weighted by atomic mass is 10.2. The molecule has 0 heterocycles. The third-order valence-electron chi connectivity index (χ3n) is 4.62. The molecular formula is C22H27FN4O5S. The molecule has 3 amide bonds. The first-order chi connectivity index (χ1) is 15.5. The smallest absolute Gasteiger partial charge is 0.241 e. The first-order valence-corrected chi connectivity index (χ1v) is 11.7. The van der Waals surface area contributed by atoms with Crippen LogP contribution in [0.2, 0.25) is 0 Å². The molecule has 0 aliphatic rings. The molecule has 0 aliphatic carbocycles. The second-order valence-corrected chi connectivity index (χ2v) is 9.02. The molecule has 0 aromatic heterocycles. The molecule has 178 valence electrons. The number of likely N-dealkylation sites (N-methyl/N-ethyl adjacent to an activating group) is 1. The van der Waals surface area contributed by atoms with E-state index in [0.717, 1.165) is 0 Å². The molecule has 33 heavy (non-hydrogen) atoms. The van der Waals surface area contributed by atoms with Crippen LogP contribution >= 0.6 is 0 Å². The van der Waals surface area contributed by atoms with Crippen molar-refractivity contribution in [2.45, 2.75) is 38.3 Å². The lowest BCUT2D eigenvalue weighted by molar-refractivity contribution is -0.136. The number of benzene rings is 2. The third kappa shape index (κ3) is 7.95. The van der Waals surface area contributed by atoms with Crippen LogP contribution < -0.4 is 15.4 Å². The first kappa shape index (κ1) is 25.9. The average molecular weight is 479 g/mol. The minimum absolute atomic E-state index is 0.0728. The Morgan fingerprint density at radius 3 is 2.18 bits per heavy atom. The van der Waals surface area contributed by atoms with E-state index in [1.807, 2.05) is 0 Å². The molecule has 1 atom stereocenters. The van der Waals surface area contributed by atoms with Crippen molar-refractivity contribution in [1.82, 2.24) is 14.9 Å². The Labute approximate surface area is 192 Å². The number of carbonyl (C=O) groups is 3. The predicted molar refractivity (Wildman–Crippen MR) is 121 cm³/mol. The van der Waals surface area contributed by atoms with Crippen molar-refractivity contribution in [3.8, 4) is 0 Å². The summed E-state index contributed by atoms with van der Waals surface area (Å²) in [5.41, 5.74) is 1.14. The van der Waals surface area contributed by atoms with Gasteiger partial charge < -0.3 is 15.5 Å². The van der Waals surface area contributed by atoms with Crippen LogP contribution in [0.15, 0.2) is 53.4 Å². The Bertz CT molecular complexity index is 1090. The Balaban J connectivity index is 1.95. The van der Waals surface area contributed by atoms with Gasteiger partial charge in [-0.3, -0.25) is 14.4 Å². The molecule has 0 saturated carbocycles. The molecular weight excluding hydrogens is 451 g/mol. The zero-order chi connectivity index (χ0) is 24.6. The van der Waals surface area contributed by atoms with Crippen LogP contribution in [0.4, 0.5) is 10.1 Å². The number of hydrogen-bond acceptors (Lipinski definition) is 5. The van der Waals surface area contributed by atoms with Gasteiger partial charge in [-0.15, -0.1) is 0 Å². The number of carbonyl (C=O) groups excluding carboxylic acids is 3. The first-order valence-electron chi connectivity index (χ1n) is 10.2. The molecule has 0 saturated heterocycles. The monoisotopic (exact) mass is 478 g/mol. The second kappa shape index (κ2) is 11.5. The lowest BCUT2D eigenvalue weighted by Gasteiger charge is -2.24. The normalized spacial score (nSPS) is 12.0. The fourth-order valence-corrected chi connectivity index (χ4v) is 4.12. The highest BCUT2D eigenvalue weighted by Crippen LogP contribution is 2.14. The van der Waals surface area contributed by atoms with Crippen LogP contribution in [0.5, 0.6) is 0 Å². The zero-order valence-electron chi connectivity index (χ0n) is 18.6. The highest BCUT2D eigenvalue weighted by Gasteiger charge is 2.26. The summed E-state index contributed by atoms with van der Waals surface area (Å²) in [5, 5.41) is 5.18. The Morgan fingerprint density at radius 2 is 1.64 bits per heavy atom. The number of anilines is 1. The maximum absolute atomic E-state index is 13.0. The second-order valence-electron chi connectivity index (χ2n) is 7.30. The fourth-order valence-electron chi connectivity index (χ4n) is 2.92. The van der Waals surface area contributed by atoms with Crippen LogP contribution in [0.3, 0.4) is 0 Å². The largest absolute Gasteiger partial charge is 0.350 e. The van der Waals surface area contributed by atoms with Gasteiger partial charge in [0.25, 0.3) is 0 Å². The molecule has 9 nitrogen and oxygen atoms in total. The highest BCUT2D eigenvalue weighted by atomic mass is 32.2. The van der Waals surface area contributed by atoms with E-state index in [-0.39, 0.29) is 36.3 Å². The zero-order valence-corrected chi connectivity index (χ0v) is 19.4. The molecule has 0 bridgehead atoms. The summed E-state index contributed by atoms with van der Waals surface area (Å²) in [6.45, 7) is 4.51. The van der Waals surface area contributed by atoms with E-state index in [1.54, 1.807) is 6.92 Å². The molecule has 0 aliphatic heterocycles. The molecule has 11 heteroatoms. The van der Waals surface area contributed by atoms with Crippen molar-refractivity contribution < 1.29 is 27.2 Å². The molecule has 0 spiro atoms. The summed E-state index contributed by atoms with van der Waals surface area (Å²) >= 11 is 0. The topological polar surface area (TPSA) is 125 Å². The molecule has 3 N–H and O–H groups in total. The van der Waals surface area contributed by atoms with Gasteiger partial charge in [0, 0.05) is 25.7 Å². The Hall–Kier alpha value is -3.31. The van der Waals surface area contributed by atoms with E-state index in [9.17, 15) is 27.2 Å². The van der Waals surface area contributed by atoms with E-state index in [2.05, 4.69) is 15.4 Å². The van der Waals surface area contributed by atoms with Gasteiger partial charge in [-0.2, -0.15) is 4.72 Å². The van der Waals surface area contributed by atoms with Gasteiger partial charge in [0.2, 0.25) is 27.7 Å². The van der Waals surface area contributed by atoms with E-state index >= 15 is 0 Å². The van der Waals surface area contributed by atoms with Crippen LogP contribution in [0.25, 0.3) is 0 Å². The summed E-state index contributed by atoms with van der Waals surface area (Å²) < 4.78 is 40.5. The van der Waals surface area contributed by atoms with Crippen LogP contribution in [0.1, 0.15) is 26.3 Å². The highest BCUT2D eigenvalue weighted by molar-refractivity contribution is 7.89. The summed E-state index contributed by atoms with van der Waals surface area (Å²) in [5.74, 6) is -1.66. The van der Waals surface area contributed by atoms with Gasteiger partial charge >= 0.3 is 0 Å². The summed E-state index contributed by atoms with van der Waals surface area (Å²) in [7, 11) is -4.01. The van der Waals surface area contributed by atoms with Crippen molar-refractivity contribution in [2.24, 2.45) is 0 Å². The van der Waals surface area contributed by atoms with Crippen LogP contribution in [0, 0.1) is 5.82 Å². The number of hydrogen-bond donors (Lipinski definition) is 3. The maximum atomic E-state index is 13.0.